The summed E-state index contributed by atoms with van der Waals surface area (Å²) in [6, 6.07) is 9.64. The second-order valence-corrected chi connectivity index (χ2v) is 6.87. The number of hydrogen-bond donors (Lipinski definition) is 0. The van der Waals surface area contributed by atoms with E-state index in [1.54, 1.807) is 0 Å². The Hall–Kier alpha value is -1.68. The molecule has 4 nitrogen and oxygen atoms in total. The third-order valence-electron chi connectivity index (χ3n) is 3.93. The van der Waals surface area contributed by atoms with Crippen molar-refractivity contribution in [3.05, 3.63) is 35.9 Å². The molecule has 1 aromatic rings. The molecule has 1 aliphatic heterocycles. The van der Waals surface area contributed by atoms with Gasteiger partial charge in [0, 0.05) is 25.4 Å². The van der Waals surface area contributed by atoms with E-state index in [0.717, 1.165) is 5.56 Å². The molecule has 0 radical (unpaired) electrons. The van der Waals surface area contributed by atoms with E-state index in [0.29, 0.717) is 13.0 Å². The second-order valence-electron chi connectivity index (χ2n) is 6.87. The molecule has 2 rings (SSSR count). The average Bonchev–Trinajstić information content (AvgIpc) is 2.45. The van der Waals surface area contributed by atoms with Crippen LogP contribution in [0.3, 0.4) is 0 Å². The van der Waals surface area contributed by atoms with Crippen molar-refractivity contribution in [3.8, 4) is 0 Å². The third kappa shape index (κ3) is 4.17. The molecular formula is C18H25NO3. The highest BCUT2D eigenvalue weighted by Gasteiger charge is 2.37. The molecule has 1 aromatic carbocycles. The summed E-state index contributed by atoms with van der Waals surface area (Å²) in [5.74, 6) is -0.171. The van der Waals surface area contributed by atoms with Crippen molar-refractivity contribution in [1.82, 2.24) is 4.90 Å². The number of carbonyl (C=O) groups is 2. The van der Waals surface area contributed by atoms with Gasteiger partial charge in [-0.05, 0) is 33.3 Å². The first-order valence-electron chi connectivity index (χ1n) is 7.83. The Balaban J connectivity index is 2.19. The molecule has 4 heteroatoms. The Morgan fingerprint density at radius 1 is 1.27 bits per heavy atom. The van der Waals surface area contributed by atoms with Crippen LogP contribution in [0.5, 0.6) is 0 Å². The predicted molar refractivity (Wildman–Crippen MR) is 85.4 cm³/mol. The van der Waals surface area contributed by atoms with Crippen LogP contribution < -0.4 is 0 Å². The maximum Gasteiger partial charge on any atom is 0.324 e. The minimum absolute atomic E-state index is 0.0758. The SMILES string of the molecule is C[C@@H](c1ccccc1)N1CCC(=O)C[C@H]1C(=O)OC(C)(C)C. The standard InChI is InChI=1S/C18H25NO3/c1-13(14-8-6-5-7-9-14)19-11-10-15(20)12-16(19)17(21)22-18(2,3)4/h5-9,13,16H,10-12H2,1-4H3/t13-,16-/m0/s1. The Kier molecular flexibility index (Phi) is 5.01. The van der Waals surface area contributed by atoms with E-state index in [1.807, 2.05) is 51.1 Å². The number of Topliss-reactive ketones (excluding diaryl/α,β-unsaturated/α-hetero) is 1. The number of ether oxygens (including phenoxy) is 1. The van der Waals surface area contributed by atoms with Crippen LogP contribution in [0.1, 0.15) is 52.1 Å². The van der Waals surface area contributed by atoms with Gasteiger partial charge in [-0.25, -0.2) is 0 Å². The monoisotopic (exact) mass is 303 g/mol. The van der Waals surface area contributed by atoms with Crippen LogP contribution in [0.2, 0.25) is 0 Å². The lowest BCUT2D eigenvalue weighted by Gasteiger charge is -2.39. The molecule has 0 spiro atoms. The van der Waals surface area contributed by atoms with Gasteiger partial charge in [-0.2, -0.15) is 0 Å². The average molecular weight is 303 g/mol. The zero-order chi connectivity index (χ0) is 16.3. The van der Waals surface area contributed by atoms with Crippen LogP contribution in [0.4, 0.5) is 0 Å². The summed E-state index contributed by atoms with van der Waals surface area (Å²) in [5.41, 5.74) is 0.601. The van der Waals surface area contributed by atoms with Crippen LogP contribution >= 0.6 is 0 Å². The number of likely N-dealkylation sites (tertiary alicyclic amines) is 1. The van der Waals surface area contributed by atoms with Gasteiger partial charge in [-0.3, -0.25) is 14.5 Å². The Bertz CT molecular complexity index is 533. The van der Waals surface area contributed by atoms with Crippen LogP contribution in [0.15, 0.2) is 30.3 Å². The molecule has 0 saturated carbocycles. The molecule has 0 bridgehead atoms. The summed E-state index contributed by atoms with van der Waals surface area (Å²) in [7, 11) is 0. The largest absolute Gasteiger partial charge is 0.459 e. The number of carbonyl (C=O) groups excluding carboxylic acids is 2. The molecule has 1 aliphatic rings. The normalized spacial score (nSPS) is 21.5. The summed E-state index contributed by atoms with van der Waals surface area (Å²) in [6.45, 7) is 8.21. The molecule has 2 atom stereocenters. The summed E-state index contributed by atoms with van der Waals surface area (Å²) in [4.78, 5) is 26.4. The summed E-state index contributed by atoms with van der Waals surface area (Å²) in [5, 5.41) is 0. The van der Waals surface area contributed by atoms with Gasteiger partial charge >= 0.3 is 5.97 Å². The van der Waals surface area contributed by atoms with E-state index < -0.39 is 11.6 Å². The highest BCUT2D eigenvalue weighted by molar-refractivity contribution is 5.88. The fraction of sp³-hybridized carbons (Fsp3) is 0.556. The van der Waals surface area contributed by atoms with Crippen molar-refractivity contribution in [2.75, 3.05) is 6.54 Å². The topological polar surface area (TPSA) is 46.6 Å². The van der Waals surface area contributed by atoms with E-state index >= 15 is 0 Å². The zero-order valence-corrected chi connectivity index (χ0v) is 13.8. The molecule has 0 N–H and O–H groups in total. The van der Waals surface area contributed by atoms with Gasteiger partial charge in [-0.1, -0.05) is 30.3 Å². The van der Waals surface area contributed by atoms with Gasteiger partial charge in [0.2, 0.25) is 0 Å². The van der Waals surface area contributed by atoms with E-state index in [2.05, 4.69) is 11.8 Å². The Morgan fingerprint density at radius 2 is 1.91 bits per heavy atom. The fourth-order valence-electron chi connectivity index (χ4n) is 2.82. The van der Waals surface area contributed by atoms with E-state index in [4.69, 9.17) is 4.74 Å². The number of rotatable bonds is 3. The molecule has 1 heterocycles. The van der Waals surface area contributed by atoms with Crippen LogP contribution in [0, 0.1) is 0 Å². The summed E-state index contributed by atoms with van der Waals surface area (Å²) >= 11 is 0. The van der Waals surface area contributed by atoms with Crippen molar-refractivity contribution in [3.63, 3.8) is 0 Å². The van der Waals surface area contributed by atoms with Crippen LogP contribution in [-0.4, -0.2) is 34.8 Å². The van der Waals surface area contributed by atoms with Gasteiger partial charge in [0.15, 0.2) is 0 Å². The maximum absolute atomic E-state index is 12.5. The smallest absolute Gasteiger partial charge is 0.324 e. The van der Waals surface area contributed by atoms with Crippen molar-refractivity contribution in [1.29, 1.82) is 0 Å². The van der Waals surface area contributed by atoms with Gasteiger partial charge in [0.1, 0.15) is 17.4 Å². The molecular weight excluding hydrogens is 278 g/mol. The summed E-state index contributed by atoms with van der Waals surface area (Å²) < 4.78 is 5.51. The number of ketones is 1. The quantitative estimate of drug-likeness (QED) is 0.805. The minimum Gasteiger partial charge on any atom is -0.459 e. The first-order chi connectivity index (χ1) is 10.3. The van der Waals surface area contributed by atoms with Crippen molar-refractivity contribution < 1.29 is 14.3 Å². The molecule has 22 heavy (non-hydrogen) atoms. The Labute approximate surface area is 132 Å². The van der Waals surface area contributed by atoms with Crippen molar-refractivity contribution >= 4 is 11.8 Å². The van der Waals surface area contributed by atoms with Crippen LogP contribution in [-0.2, 0) is 14.3 Å². The number of esters is 1. The van der Waals surface area contributed by atoms with Gasteiger partial charge in [0.05, 0.1) is 0 Å². The third-order valence-corrected chi connectivity index (χ3v) is 3.93. The predicted octanol–water partition coefficient (Wildman–Crippen LogP) is 3.12. The van der Waals surface area contributed by atoms with Gasteiger partial charge in [-0.15, -0.1) is 0 Å². The number of nitrogens with zero attached hydrogens (tertiary/aromatic N) is 1. The lowest BCUT2D eigenvalue weighted by atomic mass is 9.96. The summed E-state index contributed by atoms with van der Waals surface area (Å²) in [6.07, 6.45) is 0.739. The first kappa shape index (κ1) is 16.7. The number of piperidine rings is 1. The van der Waals surface area contributed by atoms with Crippen molar-refractivity contribution in [2.24, 2.45) is 0 Å². The molecule has 0 amide bonds. The number of benzene rings is 1. The Morgan fingerprint density at radius 3 is 2.50 bits per heavy atom. The first-order valence-corrected chi connectivity index (χ1v) is 7.83. The molecule has 0 aromatic heterocycles. The fourth-order valence-corrected chi connectivity index (χ4v) is 2.82. The molecule has 120 valence electrons. The maximum atomic E-state index is 12.5. The molecule has 0 unspecified atom stereocenters. The van der Waals surface area contributed by atoms with Gasteiger partial charge in [0.25, 0.3) is 0 Å². The molecule has 1 fully saturated rings. The molecule has 1 saturated heterocycles. The van der Waals surface area contributed by atoms with E-state index in [9.17, 15) is 9.59 Å². The van der Waals surface area contributed by atoms with Gasteiger partial charge < -0.3 is 4.74 Å². The van der Waals surface area contributed by atoms with Crippen LogP contribution in [0.25, 0.3) is 0 Å². The minimum atomic E-state index is -0.542. The number of hydrogen-bond acceptors (Lipinski definition) is 4. The highest BCUT2D eigenvalue weighted by Crippen LogP contribution is 2.28. The molecule has 0 aliphatic carbocycles. The highest BCUT2D eigenvalue weighted by atomic mass is 16.6. The van der Waals surface area contributed by atoms with E-state index in [1.165, 1.54) is 0 Å². The lowest BCUT2D eigenvalue weighted by molar-refractivity contribution is -0.165. The van der Waals surface area contributed by atoms with Crippen molar-refractivity contribution in [2.45, 2.75) is 58.2 Å². The zero-order valence-electron chi connectivity index (χ0n) is 13.8. The lowest BCUT2D eigenvalue weighted by Crippen LogP contribution is -2.50. The second kappa shape index (κ2) is 6.61. The van der Waals surface area contributed by atoms with E-state index in [-0.39, 0.29) is 24.2 Å².